The van der Waals surface area contributed by atoms with Crippen LogP contribution in [-0.4, -0.2) is 41.7 Å². The van der Waals surface area contributed by atoms with Gasteiger partial charge in [-0.25, -0.2) is 0 Å². The second kappa shape index (κ2) is 9.99. The highest BCUT2D eigenvalue weighted by molar-refractivity contribution is 8.46. The summed E-state index contributed by atoms with van der Waals surface area (Å²) in [6, 6.07) is 0. The zero-order valence-corrected chi connectivity index (χ0v) is 34.8. The highest BCUT2D eigenvalue weighted by Crippen LogP contribution is 2.87. The summed E-state index contributed by atoms with van der Waals surface area (Å²) in [5.74, 6) is 0. The van der Waals surface area contributed by atoms with Gasteiger partial charge in [-0.1, -0.05) is 194 Å². The maximum Gasteiger partial charge on any atom is 0.0403 e. The summed E-state index contributed by atoms with van der Waals surface area (Å²) in [5.41, 5.74) is 10.1. The first-order valence-electron chi connectivity index (χ1n) is 16.2. The SMILES string of the molecule is CC(C)[Si]1(C(C)C)[Si](C(C)C)(C(C)C)[Si]2(C(C)C)[Si](C(C)C)(C(C)C)[Si](C(C)C)(C(C)C)[Si]12C(C)C. The number of rotatable bonds is 10. The molecule has 0 aromatic heterocycles. The molecule has 6 heteroatoms. The van der Waals surface area contributed by atoms with Crippen LogP contribution in [-0.2, 0) is 0 Å². The molecule has 0 aromatic rings. The molecule has 2 aliphatic heterocycles. The van der Waals surface area contributed by atoms with Gasteiger partial charge in [0.25, 0.3) is 0 Å². The van der Waals surface area contributed by atoms with Gasteiger partial charge in [-0.15, -0.1) is 0 Å². The largest absolute Gasteiger partial charge is 0.0658 e. The van der Waals surface area contributed by atoms with Crippen LogP contribution >= 0.6 is 0 Å². The van der Waals surface area contributed by atoms with Gasteiger partial charge >= 0.3 is 0 Å². The van der Waals surface area contributed by atoms with Gasteiger partial charge in [0.2, 0.25) is 0 Å². The zero-order valence-electron chi connectivity index (χ0n) is 28.8. The fraction of sp³-hybridized carbons (Fsp3) is 1.00. The molecule has 0 aliphatic carbocycles. The predicted molar refractivity (Wildman–Crippen MR) is 186 cm³/mol. The lowest BCUT2D eigenvalue weighted by Gasteiger charge is -3.04. The smallest absolute Gasteiger partial charge is 0.0403 e. The molecule has 0 spiro atoms. The maximum absolute atomic E-state index is 2.87. The van der Waals surface area contributed by atoms with Crippen molar-refractivity contribution in [2.75, 3.05) is 0 Å². The summed E-state index contributed by atoms with van der Waals surface area (Å²) in [6.45, 7) is 53.6. The van der Waals surface area contributed by atoms with Crippen molar-refractivity contribution in [1.82, 2.24) is 0 Å². The number of hydrogen-bond donors (Lipinski definition) is 0. The van der Waals surface area contributed by atoms with Gasteiger partial charge in [-0.2, -0.15) is 0 Å². The van der Waals surface area contributed by atoms with Crippen molar-refractivity contribution in [2.24, 2.45) is 0 Å². The molecule has 0 N–H and O–H groups in total. The number of fused-ring (bicyclic) bond motifs is 1. The molecular weight excluding hydrogens is 529 g/mol. The van der Waals surface area contributed by atoms with Gasteiger partial charge in [-0.05, 0) is 0 Å². The van der Waals surface area contributed by atoms with Crippen LogP contribution in [0.2, 0.25) is 55.4 Å². The van der Waals surface area contributed by atoms with E-state index >= 15 is 0 Å². The van der Waals surface area contributed by atoms with Crippen LogP contribution in [0, 0.1) is 0 Å². The summed E-state index contributed by atoms with van der Waals surface area (Å²) < 4.78 is 0. The van der Waals surface area contributed by atoms with Gasteiger partial charge < -0.3 is 0 Å². The average Bonchev–Trinajstić information content (AvgIpc) is 2.64. The molecular formula is C30H70Si6. The van der Waals surface area contributed by atoms with Crippen LogP contribution in [0.5, 0.6) is 0 Å². The third-order valence-electron chi connectivity index (χ3n) is 13.6. The zero-order chi connectivity index (χ0) is 28.8. The van der Waals surface area contributed by atoms with Crippen LogP contribution < -0.4 is 0 Å². The van der Waals surface area contributed by atoms with Crippen molar-refractivity contribution in [3.63, 3.8) is 0 Å². The van der Waals surface area contributed by atoms with Crippen LogP contribution in [0.25, 0.3) is 0 Å². The Bertz CT molecular complexity index is 639. The Balaban J connectivity index is 3.58. The van der Waals surface area contributed by atoms with Gasteiger partial charge in [0.1, 0.15) is 0 Å². The third-order valence-corrected chi connectivity index (χ3v) is 211. The van der Waals surface area contributed by atoms with E-state index in [1.165, 1.54) is 0 Å². The van der Waals surface area contributed by atoms with E-state index < -0.39 is 41.7 Å². The minimum atomic E-state index is -1.54. The van der Waals surface area contributed by atoms with Gasteiger partial charge in [0.15, 0.2) is 0 Å². The Hall–Kier alpha value is 1.30. The predicted octanol–water partition coefficient (Wildman–Crippen LogP) is 11.4. The lowest BCUT2D eigenvalue weighted by atomic mass is 10.5. The van der Waals surface area contributed by atoms with Crippen molar-refractivity contribution in [2.45, 2.75) is 194 Å². The normalized spacial score (nSPS) is 30.5. The van der Waals surface area contributed by atoms with Crippen molar-refractivity contribution in [1.29, 1.82) is 0 Å². The van der Waals surface area contributed by atoms with E-state index in [0.29, 0.717) is 0 Å². The lowest BCUT2D eigenvalue weighted by Crippen LogP contribution is -3.31. The van der Waals surface area contributed by atoms with Crippen molar-refractivity contribution in [3.8, 4) is 0 Å². The first-order chi connectivity index (χ1) is 16.2. The highest BCUT2D eigenvalue weighted by Gasteiger charge is 3.08. The maximum atomic E-state index is 2.87. The third kappa shape index (κ3) is 2.69. The van der Waals surface area contributed by atoms with E-state index in [4.69, 9.17) is 0 Å². The van der Waals surface area contributed by atoms with Gasteiger partial charge in [0, 0.05) is 41.7 Å². The summed E-state index contributed by atoms with van der Waals surface area (Å²) in [4.78, 5) is 0. The second-order valence-electron chi connectivity index (χ2n) is 16.6. The summed E-state index contributed by atoms with van der Waals surface area (Å²) in [6.07, 6.45) is 0. The molecule has 0 atom stereocenters. The molecule has 36 heavy (non-hydrogen) atoms. The molecule has 0 nitrogen and oxygen atoms in total. The molecule has 0 bridgehead atoms. The van der Waals surface area contributed by atoms with Crippen LogP contribution in [0.4, 0.5) is 0 Å². The molecule has 2 fully saturated rings. The minimum Gasteiger partial charge on any atom is -0.0658 e. The molecule has 0 saturated carbocycles. The second-order valence-corrected chi connectivity index (χ2v) is 87.4. The van der Waals surface area contributed by atoms with Crippen LogP contribution in [0.1, 0.15) is 138 Å². The van der Waals surface area contributed by atoms with E-state index in [9.17, 15) is 0 Å². The highest BCUT2D eigenvalue weighted by atomic mass is 30.6. The van der Waals surface area contributed by atoms with E-state index in [2.05, 4.69) is 138 Å². The molecule has 0 aromatic carbocycles. The lowest BCUT2D eigenvalue weighted by molar-refractivity contribution is 0.841. The molecule has 2 rings (SSSR count). The quantitative estimate of drug-likeness (QED) is 0.219. The first kappa shape index (κ1) is 33.5. The molecule has 2 saturated heterocycles. The Morgan fingerprint density at radius 3 is 0.361 bits per heavy atom. The van der Waals surface area contributed by atoms with E-state index in [-0.39, 0.29) is 0 Å². The topological polar surface area (TPSA) is 0 Å². The van der Waals surface area contributed by atoms with Gasteiger partial charge in [0.05, 0.1) is 0 Å². The fourth-order valence-electron chi connectivity index (χ4n) is 16.1. The average molecular weight is 599 g/mol. The van der Waals surface area contributed by atoms with E-state index in [1.54, 1.807) is 0 Å². The molecule has 0 unspecified atom stereocenters. The molecule has 0 amide bonds. The Morgan fingerprint density at radius 2 is 0.306 bits per heavy atom. The molecule has 0 radical (unpaired) electrons. The van der Waals surface area contributed by atoms with E-state index in [1.807, 2.05) is 0 Å². The Kier molecular flexibility index (Phi) is 9.30. The minimum absolute atomic E-state index is 0.998. The summed E-state index contributed by atoms with van der Waals surface area (Å²) in [7, 11) is -6.15. The van der Waals surface area contributed by atoms with Crippen molar-refractivity contribution >= 4 is 41.7 Å². The standard InChI is InChI=1S/C30H70Si6/c1-21(2)31(22(3)4)32(23(5)6,24(7)8)36(30(19)20)34(27(13)14,28(15)16)33(25(9)10,26(11)12)35(31,36)29(17)18/h21-30H,1-20H3. The Labute approximate surface area is 234 Å². The van der Waals surface area contributed by atoms with Gasteiger partial charge in [-0.3, -0.25) is 0 Å². The summed E-state index contributed by atoms with van der Waals surface area (Å²) >= 11 is 0. The van der Waals surface area contributed by atoms with E-state index in [0.717, 1.165) is 55.4 Å². The van der Waals surface area contributed by atoms with Crippen LogP contribution in [0.3, 0.4) is 0 Å². The first-order valence-corrected chi connectivity index (χ1v) is 36.0. The summed E-state index contributed by atoms with van der Waals surface area (Å²) in [5, 5.41) is 0. The van der Waals surface area contributed by atoms with Crippen LogP contribution in [0.15, 0.2) is 0 Å². The van der Waals surface area contributed by atoms with Crippen molar-refractivity contribution in [3.05, 3.63) is 0 Å². The molecule has 2 aliphatic rings. The van der Waals surface area contributed by atoms with Crippen molar-refractivity contribution < 1.29 is 0 Å². The Morgan fingerprint density at radius 1 is 0.194 bits per heavy atom. The monoisotopic (exact) mass is 598 g/mol. The molecule has 2 heterocycles. The number of hydrogen-bond acceptors (Lipinski definition) is 0. The molecule has 214 valence electrons. The fourth-order valence-corrected chi connectivity index (χ4v) is 437.